The number of carbonyl (C=O) groups excluding carboxylic acids is 1. The van der Waals surface area contributed by atoms with Gasteiger partial charge in [-0.25, -0.2) is 0 Å². The van der Waals surface area contributed by atoms with E-state index in [9.17, 15) is 9.90 Å². The summed E-state index contributed by atoms with van der Waals surface area (Å²) in [6.45, 7) is 1.54. The summed E-state index contributed by atoms with van der Waals surface area (Å²) in [5.41, 5.74) is 0.397. The number of nitrogens with zero attached hydrogens (tertiary/aromatic N) is 1. The molecule has 0 aromatic heterocycles. The van der Waals surface area contributed by atoms with Crippen molar-refractivity contribution >= 4 is 16.7 Å². The van der Waals surface area contributed by atoms with E-state index in [4.69, 9.17) is 4.74 Å². The second kappa shape index (κ2) is 5.85. The first-order chi connectivity index (χ1) is 11.3. The highest BCUT2D eigenvalue weighted by molar-refractivity contribution is 6.03. The third-order valence-corrected chi connectivity index (χ3v) is 5.09. The molecule has 0 spiro atoms. The number of phenolic OH excluding ortho intramolecular Hbond substituents is 1. The molecule has 4 rings (SSSR count). The van der Waals surface area contributed by atoms with Gasteiger partial charge in [-0.05, 0) is 37.1 Å². The van der Waals surface area contributed by atoms with Gasteiger partial charge in [0.2, 0.25) is 0 Å². The Hall–Kier alpha value is -2.07. The zero-order valence-electron chi connectivity index (χ0n) is 13.1. The van der Waals surface area contributed by atoms with Crippen LogP contribution < -0.4 is 0 Å². The summed E-state index contributed by atoms with van der Waals surface area (Å²) in [7, 11) is 0. The number of carbonyl (C=O) groups is 1. The lowest BCUT2D eigenvalue weighted by molar-refractivity contribution is 0.0339. The molecule has 1 amide bonds. The Kier molecular flexibility index (Phi) is 3.69. The Morgan fingerprint density at radius 3 is 2.83 bits per heavy atom. The van der Waals surface area contributed by atoms with Gasteiger partial charge >= 0.3 is 0 Å². The Morgan fingerprint density at radius 2 is 2.00 bits per heavy atom. The summed E-state index contributed by atoms with van der Waals surface area (Å²) < 4.78 is 5.80. The minimum Gasteiger partial charge on any atom is -0.506 e. The summed E-state index contributed by atoms with van der Waals surface area (Å²) >= 11 is 0. The van der Waals surface area contributed by atoms with Crippen molar-refractivity contribution in [3.05, 3.63) is 42.0 Å². The number of hydrogen-bond donors (Lipinski definition) is 1. The minimum atomic E-state index is -0.0775. The van der Waals surface area contributed by atoms with Gasteiger partial charge in [0, 0.05) is 18.5 Å². The second-order valence-electron chi connectivity index (χ2n) is 6.44. The van der Waals surface area contributed by atoms with Crippen molar-refractivity contribution in [2.75, 3.05) is 13.2 Å². The van der Waals surface area contributed by atoms with Crippen LogP contribution in [0.5, 0.6) is 5.75 Å². The monoisotopic (exact) mass is 311 g/mol. The van der Waals surface area contributed by atoms with Gasteiger partial charge in [0.15, 0.2) is 0 Å². The molecule has 2 aliphatic heterocycles. The van der Waals surface area contributed by atoms with Gasteiger partial charge in [0.25, 0.3) is 5.91 Å². The highest BCUT2D eigenvalue weighted by Gasteiger charge is 2.37. The van der Waals surface area contributed by atoms with E-state index in [0.717, 1.165) is 49.6 Å². The maximum absolute atomic E-state index is 13.0. The van der Waals surface area contributed by atoms with Crippen molar-refractivity contribution in [3.63, 3.8) is 0 Å². The summed E-state index contributed by atoms with van der Waals surface area (Å²) in [4.78, 5) is 14.9. The fourth-order valence-corrected chi connectivity index (χ4v) is 3.92. The van der Waals surface area contributed by atoms with Gasteiger partial charge in [0.1, 0.15) is 5.75 Å². The van der Waals surface area contributed by atoms with Crippen molar-refractivity contribution in [2.45, 2.75) is 37.8 Å². The van der Waals surface area contributed by atoms with Gasteiger partial charge in [0.05, 0.1) is 17.7 Å². The standard InChI is InChI=1S/C19H21NO3/c21-18-14-6-2-1-5-13(14)9-10-15(18)19(22)20-11-3-7-16(20)17-8-4-12-23-17/h1-2,5-6,9-10,16-17,21H,3-4,7-8,11-12H2/t16-,17-/m1/s1. The van der Waals surface area contributed by atoms with Gasteiger partial charge in [-0.2, -0.15) is 0 Å². The van der Waals surface area contributed by atoms with Crippen LogP contribution in [0.25, 0.3) is 10.8 Å². The summed E-state index contributed by atoms with van der Waals surface area (Å²) in [6, 6.07) is 11.4. The maximum atomic E-state index is 13.0. The van der Waals surface area contributed by atoms with Crippen LogP contribution in [0.3, 0.4) is 0 Å². The number of hydrogen-bond acceptors (Lipinski definition) is 3. The zero-order valence-corrected chi connectivity index (χ0v) is 13.1. The van der Waals surface area contributed by atoms with Crippen LogP contribution in [0.1, 0.15) is 36.0 Å². The third-order valence-electron chi connectivity index (χ3n) is 5.09. The molecule has 0 aliphatic carbocycles. The van der Waals surface area contributed by atoms with E-state index in [0.29, 0.717) is 5.56 Å². The first-order valence-corrected chi connectivity index (χ1v) is 8.39. The van der Waals surface area contributed by atoms with E-state index >= 15 is 0 Å². The van der Waals surface area contributed by atoms with E-state index in [1.807, 2.05) is 35.2 Å². The average molecular weight is 311 g/mol. The lowest BCUT2D eigenvalue weighted by Crippen LogP contribution is -2.42. The maximum Gasteiger partial charge on any atom is 0.257 e. The average Bonchev–Trinajstić information content (AvgIpc) is 3.26. The van der Waals surface area contributed by atoms with Gasteiger partial charge < -0.3 is 14.7 Å². The van der Waals surface area contributed by atoms with Crippen LogP contribution in [-0.2, 0) is 4.74 Å². The van der Waals surface area contributed by atoms with E-state index in [-0.39, 0.29) is 23.8 Å². The van der Waals surface area contributed by atoms with Crippen LogP contribution in [0.2, 0.25) is 0 Å². The van der Waals surface area contributed by atoms with Gasteiger partial charge in [-0.15, -0.1) is 0 Å². The van der Waals surface area contributed by atoms with Crippen molar-refractivity contribution in [3.8, 4) is 5.75 Å². The first kappa shape index (κ1) is 14.5. The third kappa shape index (κ3) is 2.47. The molecule has 0 radical (unpaired) electrons. The molecule has 2 aliphatic rings. The predicted molar refractivity (Wildman–Crippen MR) is 88.6 cm³/mol. The molecule has 2 aromatic rings. The fraction of sp³-hybridized carbons (Fsp3) is 0.421. The molecule has 2 heterocycles. The molecular formula is C19H21NO3. The second-order valence-corrected chi connectivity index (χ2v) is 6.44. The first-order valence-electron chi connectivity index (χ1n) is 8.39. The highest BCUT2D eigenvalue weighted by atomic mass is 16.5. The largest absolute Gasteiger partial charge is 0.506 e. The van der Waals surface area contributed by atoms with Crippen LogP contribution in [0, 0.1) is 0 Å². The van der Waals surface area contributed by atoms with Crippen LogP contribution in [0.15, 0.2) is 36.4 Å². The molecule has 1 N–H and O–H groups in total. The van der Waals surface area contributed by atoms with Gasteiger partial charge in [-0.3, -0.25) is 4.79 Å². The van der Waals surface area contributed by atoms with Crippen molar-refractivity contribution in [1.29, 1.82) is 0 Å². The number of aromatic hydroxyl groups is 1. The van der Waals surface area contributed by atoms with Crippen molar-refractivity contribution in [1.82, 2.24) is 4.90 Å². The molecule has 2 aromatic carbocycles. The smallest absolute Gasteiger partial charge is 0.257 e. The number of phenols is 1. The van der Waals surface area contributed by atoms with E-state index < -0.39 is 0 Å². The summed E-state index contributed by atoms with van der Waals surface area (Å²) in [6.07, 6.45) is 4.25. The van der Waals surface area contributed by atoms with Crippen molar-refractivity contribution in [2.24, 2.45) is 0 Å². The quantitative estimate of drug-likeness (QED) is 0.925. The summed E-state index contributed by atoms with van der Waals surface area (Å²) in [5.74, 6) is 0.0114. The molecule has 2 atom stereocenters. The fourth-order valence-electron chi connectivity index (χ4n) is 3.92. The number of ether oxygens (including phenoxy) is 1. The Morgan fingerprint density at radius 1 is 1.13 bits per heavy atom. The van der Waals surface area contributed by atoms with Crippen LogP contribution >= 0.6 is 0 Å². The zero-order chi connectivity index (χ0) is 15.8. The molecule has 23 heavy (non-hydrogen) atoms. The Bertz CT molecular complexity index is 736. The van der Waals surface area contributed by atoms with Crippen LogP contribution in [-0.4, -0.2) is 41.2 Å². The lowest BCUT2D eigenvalue weighted by Gasteiger charge is -2.29. The number of benzene rings is 2. The number of amides is 1. The SMILES string of the molecule is O=C(c1ccc2ccccc2c1O)N1CCC[C@@H]1[C@H]1CCCO1. The van der Waals surface area contributed by atoms with Crippen molar-refractivity contribution < 1.29 is 14.6 Å². The molecule has 120 valence electrons. The molecule has 0 unspecified atom stereocenters. The van der Waals surface area contributed by atoms with E-state index in [2.05, 4.69) is 0 Å². The van der Waals surface area contributed by atoms with E-state index in [1.54, 1.807) is 6.07 Å². The molecule has 4 nitrogen and oxygen atoms in total. The Balaban J connectivity index is 1.67. The van der Waals surface area contributed by atoms with Gasteiger partial charge in [-0.1, -0.05) is 30.3 Å². The Labute approximate surface area is 135 Å². The molecule has 2 saturated heterocycles. The molecular weight excluding hydrogens is 290 g/mol. The molecule has 2 fully saturated rings. The molecule has 0 bridgehead atoms. The normalized spacial score (nSPS) is 24.4. The minimum absolute atomic E-state index is 0.0775. The van der Waals surface area contributed by atoms with Crippen LogP contribution in [0.4, 0.5) is 0 Å². The predicted octanol–water partition coefficient (Wildman–Crippen LogP) is 3.33. The number of likely N-dealkylation sites (tertiary alicyclic amines) is 1. The van der Waals surface area contributed by atoms with E-state index in [1.165, 1.54) is 0 Å². The highest BCUT2D eigenvalue weighted by Crippen LogP contribution is 2.33. The lowest BCUT2D eigenvalue weighted by atomic mass is 10.0. The number of rotatable bonds is 2. The topological polar surface area (TPSA) is 49.8 Å². The number of fused-ring (bicyclic) bond motifs is 1. The molecule has 0 saturated carbocycles. The summed E-state index contributed by atoms with van der Waals surface area (Å²) in [5, 5.41) is 12.2. The molecule has 4 heteroatoms.